The van der Waals surface area contributed by atoms with Gasteiger partial charge in [-0.2, -0.15) is 5.16 Å². The average molecular weight is 145 g/mol. The first-order valence-corrected chi connectivity index (χ1v) is 3.36. The van der Waals surface area contributed by atoms with Crippen molar-refractivity contribution in [1.82, 2.24) is 5.32 Å². The largest absolute Gasteiger partial charge is 0.753 e. The summed E-state index contributed by atoms with van der Waals surface area (Å²) in [4.78, 5) is 0. The molecule has 1 aliphatic rings. The van der Waals surface area contributed by atoms with Crippen LogP contribution < -0.4 is 10.6 Å². The molecular formula is C5H11N3S. The molecule has 9 heavy (non-hydrogen) atoms. The van der Waals surface area contributed by atoms with Gasteiger partial charge in [-0.15, -0.1) is 0 Å². The van der Waals surface area contributed by atoms with Crippen molar-refractivity contribution in [2.24, 2.45) is 0 Å². The number of rotatable bonds is 0. The number of hydrogen-bond acceptors (Lipinski definition) is 2. The summed E-state index contributed by atoms with van der Waals surface area (Å²) in [5.74, 6) is 0. The molecule has 0 aromatic heterocycles. The molecular weight excluding hydrogens is 134 g/mol. The summed E-state index contributed by atoms with van der Waals surface area (Å²) >= 11 is 3.70. The van der Waals surface area contributed by atoms with Crippen molar-refractivity contribution < 1.29 is 5.32 Å². The van der Waals surface area contributed by atoms with Crippen molar-refractivity contribution in [3.8, 4) is 0 Å². The van der Waals surface area contributed by atoms with Crippen LogP contribution in [0.3, 0.4) is 0 Å². The van der Waals surface area contributed by atoms with Crippen LogP contribution in [0.4, 0.5) is 0 Å². The quantitative estimate of drug-likeness (QED) is 0.333. The zero-order valence-electron chi connectivity index (χ0n) is 5.26. The highest BCUT2D eigenvalue weighted by Gasteiger charge is 1.95. The van der Waals surface area contributed by atoms with Gasteiger partial charge in [0, 0.05) is 13.1 Å². The molecule has 3 nitrogen and oxygen atoms in total. The van der Waals surface area contributed by atoms with E-state index in [4.69, 9.17) is 5.41 Å². The Hall–Kier alpha value is -0.280. The van der Waals surface area contributed by atoms with E-state index in [1.807, 2.05) is 0 Å². The number of nitrogens with one attached hydrogen (secondary N) is 1. The standard InChI is InChI=1S/C4H10N2.CNS/c1-2-6-4-3-5-1;2-1-3/h5-6H,1-4H2;/q;-1/p+1. The van der Waals surface area contributed by atoms with E-state index in [1.54, 1.807) is 0 Å². The molecule has 4 heteroatoms. The van der Waals surface area contributed by atoms with Gasteiger partial charge >= 0.3 is 0 Å². The summed E-state index contributed by atoms with van der Waals surface area (Å²) in [6.45, 7) is 4.92. The summed E-state index contributed by atoms with van der Waals surface area (Å²) in [7, 11) is 0. The number of nitrogens with two attached hydrogens (primary N) is 1. The van der Waals surface area contributed by atoms with Gasteiger partial charge < -0.3 is 16.0 Å². The molecule has 0 aromatic rings. The molecule has 1 aliphatic heterocycles. The molecule has 1 saturated heterocycles. The summed E-state index contributed by atoms with van der Waals surface area (Å²) in [5.41, 5.74) is 0. The average Bonchev–Trinajstić information content (AvgIpc) is 1.93. The van der Waals surface area contributed by atoms with Crippen molar-refractivity contribution in [2.45, 2.75) is 0 Å². The zero-order chi connectivity index (χ0) is 6.95. The van der Waals surface area contributed by atoms with Crippen LogP contribution in [0, 0.1) is 0 Å². The summed E-state index contributed by atoms with van der Waals surface area (Å²) < 4.78 is 0. The maximum atomic E-state index is 7.13. The van der Waals surface area contributed by atoms with Crippen LogP contribution in [0.1, 0.15) is 0 Å². The molecule has 52 valence electrons. The van der Waals surface area contributed by atoms with E-state index in [9.17, 15) is 0 Å². The number of nitrogens with zero attached hydrogens (tertiary/aromatic N) is 1. The first kappa shape index (κ1) is 8.72. The van der Waals surface area contributed by atoms with Gasteiger partial charge in [-0.1, -0.05) is 12.2 Å². The van der Waals surface area contributed by atoms with Crippen LogP contribution in [0.15, 0.2) is 0 Å². The zero-order valence-corrected chi connectivity index (χ0v) is 6.08. The Kier molecular flexibility index (Phi) is 7.48. The fourth-order valence-electron chi connectivity index (χ4n) is 0.678. The van der Waals surface area contributed by atoms with Crippen molar-refractivity contribution in [3.63, 3.8) is 0 Å². The molecule has 0 aromatic carbocycles. The molecule has 1 fully saturated rings. The lowest BCUT2D eigenvalue weighted by atomic mass is 10.4. The van der Waals surface area contributed by atoms with Gasteiger partial charge in [0.25, 0.3) is 0 Å². The Morgan fingerprint density at radius 2 is 1.89 bits per heavy atom. The van der Waals surface area contributed by atoms with Gasteiger partial charge in [0.1, 0.15) is 0 Å². The fraction of sp³-hybridized carbons (Fsp3) is 0.800. The van der Waals surface area contributed by atoms with Crippen LogP contribution >= 0.6 is 12.2 Å². The number of hydrogen-bond donors (Lipinski definition) is 2. The van der Waals surface area contributed by atoms with E-state index in [-0.39, 0.29) is 0 Å². The van der Waals surface area contributed by atoms with E-state index in [1.165, 1.54) is 31.3 Å². The first-order valence-electron chi connectivity index (χ1n) is 2.95. The van der Waals surface area contributed by atoms with Crippen molar-refractivity contribution in [1.29, 1.82) is 0 Å². The van der Waals surface area contributed by atoms with E-state index in [0.29, 0.717) is 0 Å². The van der Waals surface area contributed by atoms with Crippen LogP contribution in [-0.2, 0) is 0 Å². The molecule has 0 aliphatic carbocycles. The molecule has 1 heterocycles. The topological polar surface area (TPSA) is 50.9 Å². The third kappa shape index (κ3) is 7.72. The smallest absolute Gasteiger partial charge is 0.0882 e. The normalized spacial score (nSPS) is 16.9. The number of thiocarbonyl (C=S) groups is 1. The lowest BCUT2D eigenvalue weighted by molar-refractivity contribution is -0.657. The number of piperazine rings is 1. The highest BCUT2D eigenvalue weighted by atomic mass is 32.1. The lowest BCUT2D eigenvalue weighted by Crippen LogP contribution is -2.89. The third-order valence-corrected chi connectivity index (χ3v) is 1.05. The second kappa shape index (κ2) is 7.72. The van der Waals surface area contributed by atoms with Crippen LogP contribution in [-0.4, -0.2) is 31.3 Å². The molecule has 0 spiro atoms. The number of quaternary nitrogens is 1. The summed E-state index contributed by atoms with van der Waals surface area (Å²) in [6.07, 6.45) is 0. The molecule has 0 unspecified atom stereocenters. The van der Waals surface area contributed by atoms with E-state index < -0.39 is 0 Å². The molecule has 0 amide bonds. The Morgan fingerprint density at radius 3 is 2.00 bits per heavy atom. The molecule has 0 radical (unpaired) electrons. The molecule has 1 rings (SSSR count). The lowest BCUT2D eigenvalue weighted by Gasteiger charge is -2.07. The first-order chi connectivity index (χ1) is 4.41. The Labute approximate surface area is 60.3 Å². The number of isothiocyanates is 1. The predicted molar refractivity (Wildman–Crippen MR) is 40.5 cm³/mol. The second-order valence-corrected chi connectivity index (χ2v) is 1.89. The van der Waals surface area contributed by atoms with E-state index in [0.717, 1.165) is 0 Å². The fourth-order valence-corrected chi connectivity index (χ4v) is 0.678. The van der Waals surface area contributed by atoms with Crippen LogP contribution in [0.2, 0.25) is 0 Å². The van der Waals surface area contributed by atoms with Gasteiger partial charge in [0.15, 0.2) is 0 Å². The minimum absolute atomic E-state index is 1.19. The maximum absolute atomic E-state index is 7.13. The summed E-state index contributed by atoms with van der Waals surface area (Å²) in [5, 5.41) is 14.1. The van der Waals surface area contributed by atoms with Crippen LogP contribution in [0.5, 0.6) is 0 Å². The SMILES string of the molecule is C1C[NH2+]CCN1.[N-]=C=S. The minimum atomic E-state index is 1.19. The van der Waals surface area contributed by atoms with E-state index in [2.05, 4.69) is 22.9 Å². The monoisotopic (exact) mass is 145 g/mol. The minimum Gasteiger partial charge on any atom is -0.753 e. The predicted octanol–water partition coefficient (Wildman–Crippen LogP) is -1.19. The Morgan fingerprint density at radius 1 is 1.44 bits per heavy atom. The molecule has 3 N–H and O–H groups in total. The van der Waals surface area contributed by atoms with Crippen molar-refractivity contribution in [2.75, 3.05) is 26.2 Å². The van der Waals surface area contributed by atoms with Gasteiger partial charge in [-0.05, 0) is 0 Å². The van der Waals surface area contributed by atoms with Crippen LogP contribution in [0.25, 0.3) is 5.41 Å². The Balaban J connectivity index is 0.000000187. The van der Waals surface area contributed by atoms with Gasteiger partial charge in [0.05, 0.1) is 13.1 Å². The molecule has 0 bridgehead atoms. The van der Waals surface area contributed by atoms with Crippen molar-refractivity contribution in [3.05, 3.63) is 5.41 Å². The third-order valence-electron chi connectivity index (χ3n) is 1.05. The Bertz CT molecular complexity index is 72.7. The van der Waals surface area contributed by atoms with Gasteiger partial charge in [-0.3, -0.25) is 0 Å². The molecule has 0 atom stereocenters. The second-order valence-electron chi connectivity index (χ2n) is 1.71. The highest BCUT2D eigenvalue weighted by molar-refractivity contribution is 7.78. The highest BCUT2D eigenvalue weighted by Crippen LogP contribution is 1.54. The molecule has 0 saturated carbocycles. The van der Waals surface area contributed by atoms with Gasteiger partial charge in [-0.25, -0.2) is 0 Å². The van der Waals surface area contributed by atoms with Gasteiger partial charge in [0.2, 0.25) is 0 Å². The maximum Gasteiger partial charge on any atom is 0.0882 e. The van der Waals surface area contributed by atoms with E-state index >= 15 is 0 Å². The van der Waals surface area contributed by atoms with Crippen molar-refractivity contribution >= 4 is 17.4 Å². The summed E-state index contributed by atoms with van der Waals surface area (Å²) in [6, 6.07) is 0.